The van der Waals surface area contributed by atoms with Gasteiger partial charge in [0, 0.05) is 0 Å². The Bertz CT molecular complexity index is 205. The van der Waals surface area contributed by atoms with Gasteiger partial charge >= 0.3 is 6.16 Å². The maximum Gasteiger partial charge on any atom is 0.514 e. The molecule has 3 nitrogen and oxygen atoms in total. The Kier molecular flexibility index (Phi) is 2.28. The second-order valence-electron chi connectivity index (χ2n) is 1.49. The summed E-state index contributed by atoms with van der Waals surface area (Å²) in [4.78, 5) is 10.4. The molecule has 0 amide bonds. The highest BCUT2D eigenvalue weighted by atomic mass is 32.1. The van der Waals surface area contributed by atoms with E-state index in [1.54, 1.807) is 12.1 Å². The van der Waals surface area contributed by atoms with E-state index in [-0.39, 0.29) is 0 Å². The smallest absolute Gasteiger partial charge is 0.437 e. The molecule has 0 unspecified atom stereocenters. The first-order valence-corrected chi connectivity index (χ1v) is 3.50. The van der Waals surface area contributed by atoms with Crippen LogP contribution < -0.4 is 4.74 Å². The minimum Gasteiger partial charge on any atom is -0.437 e. The van der Waals surface area contributed by atoms with Crippen molar-refractivity contribution in [2.45, 2.75) is 0 Å². The fourth-order valence-corrected chi connectivity index (χ4v) is 1.01. The molecule has 10 heavy (non-hydrogen) atoms. The molecule has 0 N–H and O–H groups in total. The van der Waals surface area contributed by atoms with Gasteiger partial charge in [-0.3, -0.25) is 0 Å². The molecular weight excluding hydrogens is 152 g/mol. The van der Waals surface area contributed by atoms with Gasteiger partial charge in [-0.25, -0.2) is 4.79 Å². The van der Waals surface area contributed by atoms with Crippen LogP contribution in [-0.2, 0) is 4.74 Å². The first-order valence-electron chi connectivity index (χ1n) is 2.62. The quantitative estimate of drug-likeness (QED) is 0.585. The zero-order valence-electron chi connectivity index (χ0n) is 5.37. The van der Waals surface area contributed by atoms with Gasteiger partial charge in [-0.1, -0.05) is 0 Å². The van der Waals surface area contributed by atoms with E-state index in [4.69, 9.17) is 0 Å². The van der Waals surface area contributed by atoms with E-state index in [0.29, 0.717) is 5.06 Å². The highest BCUT2D eigenvalue weighted by molar-refractivity contribution is 7.11. The van der Waals surface area contributed by atoms with Crippen LogP contribution in [0.4, 0.5) is 4.79 Å². The standard InChI is InChI=1S/C6H6O3S/c1-8-6(7)9-5-3-2-4-10-5/h2-4H,1H3. The molecule has 1 rings (SSSR count). The molecular formula is C6H6O3S. The molecule has 0 atom stereocenters. The summed E-state index contributed by atoms with van der Waals surface area (Å²) in [5.41, 5.74) is 0. The zero-order valence-corrected chi connectivity index (χ0v) is 6.18. The van der Waals surface area contributed by atoms with Crippen LogP contribution in [0.5, 0.6) is 5.06 Å². The van der Waals surface area contributed by atoms with E-state index in [0.717, 1.165) is 0 Å². The van der Waals surface area contributed by atoms with Crippen LogP contribution in [-0.4, -0.2) is 13.3 Å². The van der Waals surface area contributed by atoms with Crippen LogP contribution in [0.25, 0.3) is 0 Å². The Morgan fingerprint density at radius 3 is 3.00 bits per heavy atom. The highest BCUT2D eigenvalue weighted by Crippen LogP contribution is 2.18. The van der Waals surface area contributed by atoms with Crippen molar-refractivity contribution >= 4 is 17.5 Å². The van der Waals surface area contributed by atoms with Gasteiger partial charge < -0.3 is 9.47 Å². The van der Waals surface area contributed by atoms with Gasteiger partial charge in [0.1, 0.15) is 0 Å². The monoisotopic (exact) mass is 158 g/mol. The molecule has 0 aliphatic rings. The van der Waals surface area contributed by atoms with Crippen LogP contribution in [0.3, 0.4) is 0 Å². The molecule has 0 bridgehead atoms. The van der Waals surface area contributed by atoms with Crippen molar-refractivity contribution in [2.75, 3.05) is 7.11 Å². The lowest BCUT2D eigenvalue weighted by Crippen LogP contribution is -2.05. The predicted molar refractivity (Wildman–Crippen MR) is 37.4 cm³/mol. The number of carbonyl (C=O) groups excluding carboxylic acids is 1. The van der Waals surface area contributed by atoms with Crippen molar-refractivity contribution < 1.29 is 14.3 Å². The summed E-state index contributed by atoms with van der Waals surface area (Å²) in [7, 11) is 1.27. The maximum absolute atomic E-state index is 10.4. The molecule has 54 valence electrons. The van der Waals surface area contributed by atoms with Crippen LogP contribution in [0.15, 0.2) is 17.5 Å². The summed E-state index contributed by atoms with van der Waals surface area (Å²) in [5.74, 6) is 0. The van der Waals surface area contributed by atoms with Gasteiger partial charge in [0.05, 0.1) is 7.11 Å². The summed E-state index contributed by atoms with van der Waals surface area (Å²) in [6.45, 7) is 0. The first-order chi connectivity index (χ1) is 4.83. The number of hydrogen-bond acceptors (Lipinski definition) is 4. The number of hydrogen-bond donors (Lipinski definition) is 0. The lowest BCUT2D eigenvalue weighted by Gasteiger charge is -1.95. The zero-order chi connectivity index (χ0) is 7.40. The average Bonchev–Trinajstić information content (AvgIpc) is 2.40. The second kappa shape index (κ2) is 3.22. The third-order valence-corrected chi connectivity index (χ3v) is 1.59. The molecule has 0 radical (unpaired) electrons. The van der Waals surface area contributed by atoms with E-state index in [1.807, 2.05) is 5.38 Å². The van der Waals surface area contributed by atoms with Crippen molar-refractivity contribution in [3.63, 3.8) is 0 Å². The Morgan fingerprint density at radius 2 is 2.50 bits per heavy atom. The number of carbonyl (C=O) groups is 1. The van der Waals surface area contributed by atoms with E-state index < -0.39 is 6.16 Å². The molecule has 0 aromatic carbocycles. The van der Waals surface area contributed by atoms with Crippen molar-refractivity contribution in [1.82, 2.24) is 0 Å². The second-order valence-corrected chi connectivity index (χ2v) is 2.40. The van der Waals surface area contributed by atoms with E-state index >= 15 is 0 Å². The number of thiophene rings is 1. The molecule has 0 saturated heterocycles. The molecule has 4 heteroatoms. The highest BCUT2D eigenvalue weighted by Gasteiger charge is 2.01. The fourth-order valence-electron chi connectivity index (χ4n) is 0.445. The Morgan fingerprint density at radius 1 is 1.70 bits per heavy atom. The molecule has 1 aromatic rings. The minimum absolute atomic E-state index is 0.548. The molecule has 1 heterocycles. The third kappa shape index (κ3) is 1.73. The molecule has 0 saturated carbocycles. The average molecular weight is 158 g/mol. The van der Waals surface area contributed by atoms with Crippen molar-refractivity contribution in [2.24, 2.45) is 0 Å². The predicted octanol–water partition coefficient (Wildman–Crippen LogP) is 1.89. The SMILES string of the molecule is COC(=O)Oc1cccs1. The number of methoxy groups -OCH3 is 1. The minimum atomic E-state index is -0.678. The van der Waals surface area contributed by atoms with E-state index in [1.165, 1.54) is 18.4 Å². The lowest BCUT2D eigenvalue weighted by molar-refractivity contribution is 0.123. The summed E-state index contributed by atoms with van der Waals surface area (Å²) < 4.78 is 8.93. The van der Waals surface area contributed by atoms with Gasteiger partial charge in [-0.2, -0.15) is 0 Å². The molecule has 1 aromatic heterocycles. The Labute approximate surface area is 62.2 Å². The fraction of sp³-hybridized carbons (Fsp3) is 0.167. The molecule has 0 aliphatic carbocycles. The van der Waals surface area contributed by atoms with Crippen molar-refractivity contribution in [3.05, 3.63) is 17.5 Å². The Balaban J connectivity index is 2.48. The van der Waals surface area contributed by atoms with Crippen molar-refractivity contribution in [1.29, 1.82) is 0 Å². The van der Waals surface area contributed by atoms with Crippen LogP contribution in [0.1, 0.15) is 0 Å². The van der Waals surface area contributed by atoms with Gasteiger partial charge in [0.25, 0.3) is 0 Å². The topological polar surface area (TPSA) is 35.5 Å². The lowest BCUT2D eigenvalue weighted by atomic mass is 10.7. The maximum atomic E-state index is 10.4. The van der Waals surface area contributed by atoms with Crippen molar-refractivity contribution in [3.8, 4) is 5.06 Å². The van der Waals surface area contributed by atoms with Crippen LogP contribution in [0, 0.1) is 0 Å². The largest absolute Gasteiger partial charge is 0.514 e. The van der Waals surface area contributed by atoms with Gasteiger partial charge in [0.2, 0.25) is 0 Å². The molecule has 0 fully saturated rings. The van der Waals surface area contributed by atoms with Crippen LogP contribution in [0.2, 0.25) is 0 Å². The first kappa shape index (κ1) is 7.08. The summed E-state index contributed by atoms with van der Waals surface area (Å²) in [6, 6.07) is 3.49. The molecule has 0 spiro atoms. The number of rotatable bonds is 1. The van der Waals surface area contributed by atoms with Crippen LogP contribution >= 0.6 is 11.3 Å². The third-order valence-electron chi connectivity index (χ3n) is 0.846. The Hall–Kier alpha value is -1.03. The van der Waals surface area contributed by atoms with Gasteiger partial charge in [-0.05, 0) is 17.5 Å². The summed E-state index contributed by atoms with van der Waals surface area (Å²) >= 11 is 1.34. The van der Waals surface area contributed by atoms with Gasteiger partial charge in [0.15, 0.2) is 5.06 Å². The van der Waals surface area contributed by atoms with E-state index in [9.17, 15) is 4.79 Å². The van der Waals surface area contributed by atoms with Gasteiger partial charge in [-0.15, -0.1) is 11.3 Å². The molecule has 0 aliphatic heterocycles. The number of ether oxygens (including phenoxy) is 2. The normalized spacial score (nSPS) is 8.90. The summed E-state index contributed by atoms with van der Waals surface area (Å²) in [5, 5.41) is 2.37. The summed E-state index contributed by atoms with van der Waals surface area (Å²) in [6.07, 6.45) is -0.678. The van der Waals surface area contributed by atoms with E-state index in [2.05, 4.69) is 9.47 Å².